The van der Waals surface area contributed by atoms with Gasteiger partial charge in [0.2, 0.25) is 65.0 Å². The summed E-state index contributed by atoms with van der Waals surface area (Å²) in [6.45, 7) is 6.78. The van der Waals surface area contributed by atoms with Crippen molar-refractivity contribution in [2.45, 2.75) is 144 Å². The Morgan fingerprint density at radius 1 is 0.618 bits per heavy atom. The number of carbonyl (C=O) groups is 14. The standard InChI is InChI=1S/C72H97N19O17S2/c1-4-15-48(84-67(104)54(36-109)83-58(94)33-80-72(107)108-35-46-44-20-9-7-18-42(44)43-19-8-10-21-45(43)46)57(93)30-40(34-92)62(99)89-53(32-59(95)96)69(106)91-28-14-25-56(91)68(105)87-51(24-13-27-79-71(76)77)64(101)90-55(37-110)66(103)81-38(3)61(98)88-52(31-41-29-39-17-6-11-22-47(39)82-41)65(102)86-50(23-12-26-78-70(74)75)63(100)85-49(16-5-2)60(73)97/h4-11,17-22,29,38,40,46,48-56,82,92,109-110H,1-2,12-16,23-28,30-37H2,3H3,(H2,73,97)(H,80,107)(H,81,103)(H,83,94)(H,84,104)(H,85,100)(H,86,102)(H,87,105)(H,88,98)(H,89,99)(H,90,101)(H,95,96)(H4,74,75,78)(H4,76,77,79)/t38-,40-,48-,49-,50-,51-,52-,53-,54-,55-,56?/m0/s1. The lowest BCUT2D eigenvalue weighted by atomic mass is 9.96. The van der Waals surface area contributed by atoms with Gasteiger partial charge in [-0.2, -0.15) is 25.3 Å². The monoisotopic (exact) mass is 1560 g/mol. The van der Waals surface area contributed by atoms with Crippen LogP contribution in [0.5, 0.6) is 0 Å². The topological polar surface area (TPSA) is 578 Å². The second-order valence-electron chi connectivity index (χ2n) is 26.2. The average molecular weight is 1560 g/mol. The molecule has 36 nitrogen and oxygen atoms in total. The number of nitrogens with two attached hydrogens (primary N) is 3. The Morgan fingerprint density at radius 3 is 1.70 bits per heavy atom. The molecule has 2 heterocycles. The first-order valence-electron chi connectivity index (χ1n) is 35.4. The molecule has 3 aromatic carbocycles. The van der Waals surface area contributed by atoms with Crippen molar-refractivity contribution in [3.05, 3.63) is 121 Å². The number of guanidine groups is 2. The number of aliphatic hydroxyl groups excluding tert-OH is 1. The van der Waals surface area contributed by atoms with Crippen LogP contribution in [0.15, 0.2) is 104 Å². The van der Waals surface area contributed by atoms with Gasteiger partial charge in [-0.15, -0.1) is 13.2 Å². The van der Waals surface area contributed by atoms with Gasteiger partial charge in [0.15, 0.2) is 17.7 Å². The quantitative estimate of drug-likeness (QED) is 0.00727. The van der Waals surface area contributed by atoms with Gasteiger partial charge in [-0.3, -0.25) is 73.1 Å². The van der Waals surface area contributed by atoms with Crippen LogP contribution in [-0.2, 0) is 73.5 Å². The van der Waals surface area contributed by atoms with Gasteiger partial charge in [-0.05, 0) is 98.1 Å². The number of carboxylic acid groups (broad SMARTS) is 1. The van der Waals surface area contributed by atoms with E-state index in [1.54, 1.807) is 24.3 Å². The Labute approximate surface area is 644 Å². The van der Waals surface area contributed by atoms with Crippen molar-refractivity contribution in [1.82, 2.24) is 73.7 Å². The third-order valence-corrected chi connectivity index (χ3v) is 18.8. The lowest BCUT2D eigenvalue weighted by Crippen LogP contribution is -2.60. The molecule has 11 atom stereocenters. The zero-order valence-electron chi connectivity index (χ0n) is 60.5. The number of H-pyrrole nitrogens is 1. The van der Waals surface area contributed by atoms with Crippen LogP contribution in [-0.4, -0.2) is 226 Å². The third-order valence-electron chi connectivity index (χ3n) is 18.1. The number of aromatic amines is 1. The number of benzene rings is 3. The van der Waals surface area contributed by atoms with E-state index < -0.39 is 187 Å². The Balaban J connectivity index is 1.07. The molecule has 594 valence electrons. The van der Waals surface area contributed by atoms with Crippen molar-refractivity contribution < 1.29 is 82.1 Å². The van der Waals surface area contributed by atoms with Crippen molar-refractivity contribution in [2.24, 2.45) is 23.1 Å². The molecular weight excluding hydrogens is 1470 g/mol. The fourth-order valence-electron chi connectivity index (χ4n) is 12.4. The molecule has 1 aliphatic carbocycles. The Kier molecular flexibility index (Phi) is 34.5. The molecule has 0 spiro atoms. The van der Waals surface area contributed by atoms with Crippen LogP contribution in [0.3, 0.4) is 0 Å². The van der Waals surface area contributed by atoms with E-state index in [0.29, 0.717) is 11.2 Å². The molecule has 23 N–H and O–H groups in total. The number of para-hydroxylation sites is 1. The molecule has 1 saturated heterocycles. The van der Waals surface area contributed by atoms with Crippen LogP contribution in [0, 0.1) is 16.7 Å². The minimum absolute atomic E-state index is 0.00865. The van der Waals surface area contributed by atoms with Gasteiger partial charge in [0.05, 0.1) is 25.0 Å². The maximum absolute atomic E-state index is 14.4. The minimum Gasteiger partial charge on any atom is -0.481 e. The van der Waals surface area contributed by atoms with E-state index in [0.717, 1.165) is 32.5 Å². The van der Waals surface area contributed by atoms with E-state index in [9.17, 15) is 77.3 Å². The Morgan fingerprint density at radius 2 is 1.13 bits per heavy atom. The number of hydrogen-bond acceptors (Lipinski definition) is 20. The van der Waals surface area contributed by atoms with E-state index >= 15 is 0 Å². The number of aliphatic hydroxyl groups is 1. The lowest BCUT2D eigenvalue weighted by molar-refractivity contribution is -0.146. The third kappa shape index (κ3) is 26.1. The van der Waals surface area contributed by atoms with Crippen LogP contribution in [0.2, 0.25) is 0 Å². The first-order chi connectivity index (χ1) is 52.5. The average Bonchev–Trinajstić information content (AvgIpc) is 1.62. The van der Waals surface area contributed by atoms with Gasteiger partial charge in [-0.1, -0.05) is 78.9 Å². The summed E-state index contributed by atoms with van der Waals surface area (Å²) in [4.78, 5) is 195. The second-order valence-corrected chi connectivity index (χ2v) is 26.9. The fourth-order valence-corrected chi connectivity index (χ4v) is 12.9. The number of hydrogen-bond donors (Lipinski definition) is 22. The lowest BCUT2D eigenvalue weighted by Gasteiger charge is -2.30. The van der Waals surface area contributed by atoms with E-state index in [1.165, 1.54) is 19.1 Å². The molecular formula is C72H97N19O17S2. The fraction of sp³-hybridized carbons (Fsp3) is 0.444. The molecule has 6 rings (SSSR count). The highest BCUT2D eigenvalue weighted by molar-refractivity contribution is 7.80. The maximum Gasteiger partial charge on any atom is 0.407 e. The number of nitrogens with zero attached hydrogens (tertiary/aromatic N) is 1. The number of amides is 12. The van der Waals surface area contributed by atoms with Gasteiger partial charge < -0.3 is 106 Å². The number of thiol groups is 2. The summed E-state index contributed by atoms with van der Waals surface area (Å²) in [5, 5.41) is 66.4. The molecule has 12 amide bonds. The second kappa shape index (κ2) is 43.5. The number of nitrogens with one attached hydrogen (secondary N) is 15. The Bertz CT molecular complexity index is 3970. The molecule has 1 aromatic heterocycles. The molecule has 1 fully saturated rings. The summed E-state index contributed by atoms with van der Waals surface area (Å²) < 4.78 is 5.49. The number of carboxylic acids is 1. The van der Waals surface area contributed by atoms with Crippen molar-refractivity contribution in [3.63, 3.8) is 0 Å². The number of fused-ring (bicyclic) bond motifs is 4. The number of ether oxygens (including phenoxy) is 1. The summed E-state index contributed by atoms with van der Waals surface area (Å²) in [7, 11) is 0. The number of ketones is 1. The van der Waals surface area contributed by atoms with Crippen LogP contribution in [0.1, 0.15) is 93.9 Å². The van der Waals surface area contributed by atoms with Gasteiger partial charge in [-0.25, -0.2) is 4.79 Å². The minimum atomic E-state index is -1.91. The Hall–Kier alpha value is -11.5. The molecule has 0 saturated carbocycles. The smallest absolute Gasteiger partial charge is 0.407 e. The molecule has 2 aliphatic rings. The molecule has 0 bridgehead atoms. The van der Waals surface area contributed by atoms with Crippen molar-refractivity contribution in [2.75, 3.05) is 50.9 Å². The SMILES string of the molecule is C=CC[C@H](NC(=O)[C@H](CCCNC(=N)N)NC(=O)[C@H](Cc1cc2ccccc2[nH]1)NC(=O)[C@H](C)NC(=O)[C@H](CS)NC(=O)[C@H](CCCNC(=N)N)NC(=O)C1CCCN1C(=O)[C@H](CC(=O)O)NC(=O)[C@H](CO)CC(=O)[C@H](CC=C)NC(=O)[C@H](CS)NC(=O)CNC(=O)OCC1c2ccccc2-c2ccccc21)C(N)=O. The van der Waals surface area contributed by atoms with Crippen LogP contribution in [0.4, 0.5) is 4.79 Å². The number of primary amides is 1. The number of aromatic nitrogens is 1. The summed E-state index contributed by atoms with van der Waals surface area (Å²) in [5.41, 5.74) is 21.6. The molecule has 110 heavy (non-hydrogen) atoms. The first kappa shape index (κ1) is 87.4. The highest BCUT2D eigenvalue weighted by Gasteiger charge is 2.42. The summed E-state index contributed by atoms with van der Waals surface area (Å²) in [6.07, 6.45) is -0.452. The number of Topliss-reactive ketones (excluding diaryl/α,β-unsaturated/α-hetero) is 1. The zero-order valence-corrected chi connectivity index (χ0v) is 62.3. The van der Waals surface area contributed by atoms with Crippen LogP contribution in [0.25, 0.3) is 22.0 Å². The van der Waals surface area contributed by atoms with Crippen molar-refractivity contribution >= 4 is 131 Å². The molecule has 1 aliphatic heterocycles. The number of rotatable bonds is 45. The summed E-state index contributed by atoms with van der Waals surface area (Å²) >= 11 is 8.47. The summed E-state index contributed by atoms with van der Waals surface area (Å²) in [6, 6.07) is 9.77. The normalized spacial score (nSPS) is 15.5. The first-order valence-corrected chi connectivity index (χ1v) is 36.7. The van der Waals surface area contributed by atoms with Gasteiger partial charge in [0, 0.05) is 61.1 Å². The van der Waals surface area contributed by atoms with Gasteiger partial charge in [0.1, 0.15) is 67.5 Å². The van der Waals surface area contributed by atoms with Gasteiger partial charge >= 0.3 is 12.1 Å². The largest absolute Gasteiger partial charge is 0.481 e. The predicted molar refractivity (Wildman–Crippen MR) is 410 cm³/mol. The maximum atomic E-state index is 14.4. The molecule has 38 heteroatoms. The van der Waals surface area contributed by atoms with Gasteiger partial charge in [0.25, 0.3) is 0 Å². The zero-order chi connectivity index (χ0) is 80.7. The predicted octanol–water partition coefficient (Wildman–Crippen LogP) is -2.31. The summed E-state index contributed by atoms with van der Waals surface area (Å²) in [5.74, 6) is -16.1. The van der Waals surface area contributed by atoms with E-state index in [4.69, 9.17) is 32.8 Å². The number of alkyl carbamates (subject to hydrolysis) is 1. The number of carbonyl (C=O) groups excluding carboxylic acids is 13. The van der Waals surface area contributed by atoms with Crippen molar-refractivity contribution in [1.29, 1.82) is 10.8 Å². The number of likely N-dealkylation sites (tertiary alicyclic amines) is 1. The highest BCUT2D eigenvalue weighted by atomic mass is 32.1. The van der Waals surface area contributed by atoms with Crippen LogP contribution >= 0.6 is 25.3 Å². The van der Waals surface area contributed by atoms with Crippen molar-refractivity contribution in [3.8, 4) is 11.1 Å². The number of aliphatic carboxylic acids is 1. The molecule has 0 radical (unpaired) electrons. The van der Waals surface area contributed by atoms with E-state index in [-0.39, 0.29) is 102 Å². The molecule has 4 aromatic rings. The van der Waals surface area contributed by atoms with E-state index in [1.807, 2.05) is 54.6 Å². The van der Waals surface area contributed by atoms with Crippen LogP contribution < -0.4 is 81.0 Å². The van der Waals surface area contributed by atoms with E-state index in [2.05, 4.69) is 107 Å². The molecule has 1 unspecified atom stereocenters. The highest BCUT2D eigenvalue weighted by Crippen LogP contribution is 2.44.